The molecular formula is C32H41NO2. The van der Waals surface area contributed by atoms with E-state index in [1.807, 2.05) is 66.7 Å². The molecule has 0 radical (unpaired) electrons. The molecule has 35 heavy (non-hydrogen) atoms. The van der Waals surface area contributed by atoms with E-state index in [0.29, 0.717) is 12.3 Å². The van der Waals surface area contributed by atoms with E-state index in [4.69, 9.17) is 0 Å². The van der Waals surface area contributed by atoms with Crippen LogP contribution in [0.15, 0.2) is 84.5 Å². The van der Waals surface area contributed by atoms with Gasteiger partial charge in [-0.3, -0.25) is 4.79 Å². The molecule has 1 N–H and O–H groups in total. The number of hydrogen-bond acceptors (Lipinski definition) is 3. The standard InChI is InChI=1S/C32H41NO2/c1-4-26-18-17-25(24-31(26,2)3)30(34)16-11-21-33-22-19-29(20-23-33)32(35,27-12-7-5-8-13-27)28-14-9-6-10-15-28/h5-10,12-15,17-18,24,26,29,35H,4,11,16,19-23H2,1-3H3. The van der Waals surface area contributed by atoms with Crippen molar-refractivity contribution in [2.45, 2.75) is 58.5 Å². The first-order valence-corrected chi connectivity index (χ1v) is 13.3. The van der Waals surface area contributed by atoms with Gasteiger partial charge in [0, 0.05) is 12.0 Å². The Morgan fingerprint density at radius 1 is 1.00 bits per heavy atom. The molecule has 2 aliphatic rings. The number of rotatable bonds is 9. The zero-order chi connectivity index (χ0) is 24.9. The molecule has 0 bridgehead atoms. The second kappa shape index (κ2) is 11.1. The van der Waals surface area contributed by atoms with Crippen molar-refractivity contribution in [2.75, 3.05) is 19.6 Å². The summed E-state index contributed by atoms with van der Waals surface area (Å²) in [6.07, 6.45) is 10.9. The van der Waals surface area contributed by atoms with Gasteiger partial charge in [-0.15, -0.1) is 0 Å². The molecule has 1 fully saturated rings. The Kier molecular flexibility index (Phi) is 8.09. The number of likely N-dealkylation sites (tertiary alicyclic amines) is 1. The Morgan fingerprint density at radius 3 is 2.09 bits per heavy atom. The first-order valence-electron chi connectivity index (χ1n) is 13.3. The zero-order valence-corrected chi connectivity index (χ0v) is 21.6. The van der Waals surface area contributed by atoms with E-state index in [1.54, 1.807) is 0 Å². The molecule has 3 heteroatoms. The Morgan fingerprint density at radius 2 is 1.57 bits per heavy atom. The summed E-state index contributed by atoms with van der Waals surface area (Å²) in [5, 5.41) is 12.1. The molecule has 1 saturated heterocycles. The summed E-state index contributed by atoms with van der Waals surface area (Å²) in [6, 6.07) is 20.2. The van der Waals surface area contributed by atoms with Gasteiger partial charge in [0.25, 0.3) is 0 Å². The molecule has 1 atom stereocenters. The van der Waals surface area contributed by atoms with Crippen LogP contribution in [0, 0.1) is 17.3 Å². The zero-order valence-electron chi connectivity index (χ0n) is 21.6. The third-order valence-corrected chi connectivity index (χ3v) is 8.24. The smallest absolute Gasteiger partial charge is 0.162 e. The molecular weight excluding hydrogens is 430 g/mol. The summed E-state index contributed by atoms with van der Waals surface area (Å²) >= 11 is 0. The second-order valence-electron chi connectivity index (χ2n) is 10.9. The van der Waals surface area contributed by atoms with E-state index in [9.17, 15) is 9.90 Å². The fraction of sp³-hybridized carbons (Fsp3) is 0.469. The first-order chi connectivity index (χ1) is 16.8. The number of carbonyl (C=O) groups excluding carboxylic acids is 1. The van der Waals surface area contributed by atoms with E-state index in [0.717, 1.165) is 62.0 Å². The van der Waals surface area contributed by atoms with Crippen LogP contribution in [0.1, 0.15) is 64.0 Å². The molecule has 2 aromatic rings. The predicted octanol–water partition coefficient (Wildman–Crippen LogP) is 6.53. The number of piperidine rings is 1. The van der Waals surface area contributed by atoms with Gasteiger partial charge in [-0.1, -0.05) is 99.7 Å². The summed E-state index contributed by atoms with van der Waals surface area (Å²) in [7, 11) is 0. The van der Waals surface area contributed by atoms with Crippen LogP contribution >= 0.6 is 0 Å². The van der Waals surface area contributed by atoms with Gasteiger partial charge in [-0.05, 0) is 73.7 Å². The van der Waals surface area contributed by atoms with Crippen molar-refractivity contribution >= 4 is 5.78 Å². The van der Waals surface area contributed by atoms with E-state index >= 15 is 0 Å². The van der Waals surface area contributed by atoms with E-state index in [2.05, 4.69) is 37.8 Å². The number of benzene rings is 2. The molecule has 1 unspecified atom stereocenters. The van der Waals surface area contributed by atoms with Gasteiger partial charge in [0.2, 0.25) is 0 Å². The highest BCUT2D eigenvalue weighted by molar-refractivity contribution is 5.98. The minimum atomic E-state index is -0.979. The van der Waals surface area contributed by atoms with Crippen LogP contribution in [0.5, 0.6) is 0 Å². The number of hydrogen-bond donors (Lipinski definition) is 1. The summed E-state index contributed by atoms with van der Waals surface area (Å²) in [4.78, 5) is 15.3. The fourth-order valence-electron chi connectivity index (χ4n) is 6.06. The van der Waals surface area contributed by atoms with Crippen LogP contribution in [0.25, 0.3) is 0 Å². The molecule has 0 aromatic heterocycles. The van der Waals surface area contributed by atoms with E-state index in [1.165, 1.54) is 0 Å². The van der Waals surface area contributed by atoms with Gasteiger partial charge in [-0.2, -0.15) is 0 Å². The molecule has 0 spiro atoms. The minimum absolute atomic E-state index is 0.0463. The maximum atomic E-state index is 12.8. The van der Waals surface area contributed by atoms with Crippen molar-refractivity contribution < 1.29 is 9.90 Å². The SMILES string of the molecule is CCC1C=CC(C(=O)CCCN2CCC(C(O)(c3ccccc3)c3ccccc3)CC2)=CC1(C)C. The molecule has 0 saturated carbocycles. The first kappa shape index (κ1) is 25.6. The Bertz CT molecular complexity index is 990. The minimum Gasteiger partial charge on any atom is -0.380 e. The van der Waals surface area contributed by atoms with Crippen molar-refractivity contribution in [1.82, 2.24) is 4.90 Å². The molecule has 0 amide bonds. The van der Waals surface area contributed by atoms with Crippen LogP contribution < -0.4 is 0 Å². The van der Waals surface area contributed by atoms with Gasteiger partial charge in [0.1, 0.15) is 5.60 Å². The number of carbonyl (C=O) groups is 1. The number of allylic oxidation sites excluding steroid dienone is 4. The number of ketones is 1. The van der Waals surface area contributed by atoms with E-state index in [-0.39, 0.29) is 17.1 Å². The highest BCUT2D eigenvalue weighted by Gasteiger charge is 2.41. The monoisotopic (exact) mass is 471 g/mol. The predicted molar refractivity (Wildman–Crippen MR) is 144 cm³/mol. The lowest BCUT2D eigenvalue weighted by atomic mass is 9.72. The third-order valence-electron chi connectivity index (χ3n) is 8.24. The van der Waals surface area contributed by atoms with Crippen LogP contribution in [0.2, 0.25) is 0 Å². The molecule has 186 valence electrons. The van der Waals surface area contributed by atoms with Gasteiger partial charge in [-0.25, -0.2) is 0 Å². The third kappa shape index (κ3) is 5.68. The molecule has 1 heterocycles. The van der Waals surface area contributed by atoms with Gasteiger partial charge < -0.3 is 10.0 Å². The van der Waals surface area contributed by atoms with Crippen LogP contribution in [-0.2, 0) is 10.4 Å². The van der Waals surface area contributed by atoms with Crippen molar-refractivity contribution in [3.8, 4) is 0 Å². The molecule has 2 aromatic carbocycles. The Balaban J connectivity index is 1.33. The van der Waals surface area contributed by atoms with Crippen LogP contribution in [0.3, 0.4) is 0 Å². The van der Waals surface area contributed by atoms with Crippen molar-refractivity contribution in [2.24, 2.45) is 17.3 Å². The normalized spacial score (nSPS) is 21.0. The molecule has 3 nitrogen and oxygen atoms in total. The van der Waals surface area contributed by atoms with Crippen molar-refractivity contribution in [3.05, 3.63) is 95.6 Å². The quantitative estimate of drug-likeness (QED) is 0.452. The van der Waals surface area contributed by atoms with E-state index < -0.39 is 5.60 Å². The van der Waals surface area contributed by atoms with Gasteiger partial charge >= 0.3 is 0 Å². The summed E-state index contributed by atoms with van der Waals surface area (Å²) in [5.74, 6) is 0.934. The lowest BCUT2D eigenvalue weighted by Gasteiger charge is -2.42. The Hall–Kier alpha value is -2.49. The topological polar surface area (TPSA) is 40.5 Å². The van der Waals surface area contributed by atoms with Gasteiger partial charge in [0.05, 0.1) is 0 Å². The molecule has 1 aliphatic carbocycles. The number of Topliss-reactive ketones (excluding diaryl/α,β-unsaturated/α-hetero) is 1. The molecule has 1 aliphatic heterocycles. The largest absolute Gasteiger partial charge is 0.380 e. The average Bonchev–Trinajstić information content (AvgIpc) is 2.89. The Labute approximate surface area is 211 Å². The average molecular weight is 472 g/mol. The van der Waals surface area contributed by atoms with Crippen LogP contribution in [-0.4, -0.2) is 35.4 Å². The maximum Gasteiger partial charge on any atom is 0.162 e. The maximum absolute atomic E-state index is 12.8. The summed E-state index contributed by atoms with van der Waals surface area (Å²) in [6.45, 7) is 9.51. The highest BCUT2D eigenvalue weighted by Crippen LogP contribution is 2.42. The van der Waals surface area contributed by atoms with Crippen molar-refractivity contribution in [1.29, 1.82) is 0 Å². The summed E-state index contributed by atoms with van der Waals surface area (Å²) < 4.78 is 0. The van der Waals surface area contributed by atoms with Crippen LogP contribution in [0.4, 0.5) is 0 Å². The van der Waals surface area contributed by atoms with Crippen molar-refractivity contribution in [3.63, 3.8) is 0 Å². The second-order valence-corrected chi connectivity index (χ2v) is 10.9. The fourth-order valence-corrected chi connectivity index (χ4v) is 6.06. The lowest BCUT2D eigenvalue weighted by molar-refractivity contribution is -0.115. The number of aliphatic hydroxyl groups is 1. The molecule has 4 rings (SSSR count). The summed E-state index contributed by atoms with van der Waals surface area (Å²) in [5.41, 5.74) is 1.89. The van der Waals surface area contributed by atoms with Gasteiger partial charge in [0.15, 0.2) is 5.78 Å². The lowest BCUT2D eigenvalue weighted by Crippen LogP contribution is -2.44. The number of nitrogens with zero attached hydrogens (tertiary/aromatic N) is 1. The highest BCUT2D eigenvalue weighted by atomic mass is 16.3.